The van der Waals surface area contributed by atoms with Crippen LogP contribution in [0.2, 0.25) is 0 Å². The van der Waals surface area contributed by atoms with Gasteiger partial charge >= 0.3 is 0 Å². The molecule has 4 aromatic rings. The molecule has 0 spiro atoms. The van der Waals surface area contributed by atoms with Crippen LogP contribution in [0.15, 0.2) is 81.0 Å². The first-order valence-corrected chi connectivity index (χ1v) is 14.1. The van der Waals surface area contributed by atoms with Gasteiger partial charge in [-0.2, -0.15) is 4.98 Å². The summed E-state index contributed by atoms with van der Waals surface area (Å²) >= 11 is 0. The Balaban J connectivity index is 1.66. The molecule has 0 atom stereocenters. The number of nitrogens with one attached hydrogen (secondary N) is 2. The van der Waals surface area contributed by atoms with Gasteiger partial charge < -0.3 is 4.52 Å². The molecule has 0 amide bonds. The van der Waals surface area contributed by atoms with Gasteiger partial charge in [0.15, 0.2) is 0 Å². The fourth-order valence-electron chi connectivity index (χ4n) is 3.68. The summed E-state index contributed by atoms with van der Waals surface area (Å²) in [5.74, 6) is 0.555. The zero-order valence-electron chi connectivity index (χ0n) is 20.2. The number of aromatic nitrogens is 2. The molecule has 0 aliphatic carbocycles. The van der Waals surface area contributed by atoms with Gasteiger partial charge in [-0.3, -0.25) is 9.44 Å². The van der Waals surface area contributed by atoms with Crippen LogP contribution < -0.4 is 9.44 Å². The minimum Gasteiger partial charge on any atom is -0.339 e. The van der Waals surface area contributed by atoms with Gasteiger partial charge in [-0.05, 0) is 55.3 Å². The maximum absolute atomic E-state index is 13.5. The Morgan fingerprint density at radius 2 is 1.39 bits per heavy atom. The number of hydrogen-bond acceptors (Lipinski definition) is 7. The molecular formula is C25H26N4O5S2. The molecule has 36 heavy (non-hydrogen) atoms. The number of sulfonamides is 2. The van der Waals surface area contributed by atoms with E-state index in [1.807, 2.05) is 13.8 Å². The van der Waals surface area contributed by atoms with Crippen molar-refractivity contribution in [2.45, 2.75) is 43.4 Å². The van der Waals surface area contributed by atoms with E-state index in [1.165, 1.54) is 18.2 Å². The van der Waals surface area contributed by atoms with Crippen molar-refractivity contribution in [1.29, 1.82) is 0 Å². The molecule has 3 aromatic carbocycles. The third kappa shape index (κ3) is 5.26. The van der Waals surface area contributed by atoms with Crippen LogP contribution in [0.1, 0.15) is 36.8 Å². The Bertz CT molecular complexity index is 1630. The summed E-state index contributed by atoms with van der Waals surface area (Å²) in [4.78, 5) is 4.49. The quantitative estimate of drug-likeness (QED) is 0.327. The molecular weight excluding hydrogens is 500 g/mol. The summed E-state index contributed by atoms with van der Waals surface area (Å²) in [5, 5.41) is 3.97. The molecule has 0 unspecified atom stereocenters. The molecule has 0 saturated carbocycles. The molecule has 0 saturated heterocycles. The molecule has 11 heteroatoms. The van der Waals surface area contributed by atoms with E-state index in [0.29, 0.717) is 22.6 Å². The first-order chi connectivity index (χ1) is 17.0. The molecule has 2 N–H and O–H groups in total. The molecule has 4 rings (SSSR count). The van der Waals surface area contributed by atoms with Crippen LogP contribution in [0.3, 0.4) is 0 Å². The van der Waals surface area contributed by atoms with Crippen LogP contribution in [0.5, 0.6) is 0 Å². The van der Waals surface area contributed by atoms with E-state index in [0.717, 1.165) is 0 Å². The predicted molar refractivity (Wildman–Crippen MR) is 138 cm³/mol. The molecule has 0 bridgehead atoms. The first kappa shape index (κ1) is 25.4. The van der Waals surface area contributed by atoms with E-state index in [1.54, 1.807) is 62.4 Å². The molecule has 0 aliphatic heterocycles. The van der Waals surface area contributed by atoms with Crippen molar-refractivity contribution in [3.63, 3.8) is 0 Å². The number of anilines is 2. The third-order valence-electron chi connectivity index (χ3n) is 5.41. The molecule has 188 valence electrons. The van der Waals surface area contributed by atoms with Gasteiger partial charge in [0.2, 0.25) is 11.7 Å². The van der Waals surface area contributed by atoms with Gasteiger partial charge in [0.25, 0.3) is 20.0 Å². The highest BCUT2D eigenvalue weighted by molar-refractivity contribution is 7.93. The summed E-state index contributed by atoms with van der Waals surface area (Å²) in [6.07, 6.45) is 0. The fourth-order valence-corrected chi connectivity index (χ4v) is 6.46. The number of benzene rings is 3. The topological polar surface area (TPSA) is 131 Å². The van der Waals surface area contributed by atoms with E-state index in [2.05, 4.69) is 19.6 Å². The monoisotopic (exact) mass is 526 g/mol. The second-order valence-electron chi connectivity index (χ2n) is 8.62. The van der Waals surface area contributed by atoms with Gasteiger partial charge in [0, 0.05) is 11.5 Å². The maximum Gasteiger partial charge on any atom is 0.262 e. The van der Waals surface area contributed by atoms with Crippen molar-refractivity contribution in [1.82, 2.24) is 10.1 Å². The van der Waals surface area contributed by atoms with Crippen LogP contribution in [0.25, 0.3) is 11.4 Å². The van der Waals surface area contributed by atoms with Crippen LogP contribution in [0, 0.1) is 13.8 Å². The van der Waals surface area contributed by atoms with E-state index in [9.17, 15) is 16.8 Å². The van der Waals surface area contributed by atoms with E-state index < -0.39 is 20.0 Å². The molecule has 9 nitrogen and oxygen atoms in total. The number of rotatable bonds is 8. The Morgan fingerprint density at radius 3 is 2.03 bits per heavy atom. The summed E-state index contributed by atoms with van der Waals surface area (Å²) in [6, 6.07) is 17.7. The lowest BCUT2D eigenvalue weighted by Gasteiger charge is -2.15. The number of aryl methyl sites for hydroxylation is 2. The van der Waals surface area contributed by atoms with Crippen LogP contribution >= 0.6 is 0 Å². The maximum atomic E-state index is 13.5. The molecule has 0 radical (unpaired) electrons. The average Bonchev–Trinajstić information content (AvgIpc) is 3.29. The predicted octanol–water partition coefficient (Wildman–Crippen LogP) is 5.08. The van der Waals surface area contributed by atoms with Gasteiger partial charge in [-0.25, -0.2) is 16.8 Å². The minimum atomic E-state index is -4.10. The third-order valence-corrected chi connectivity index (χ3v) is 8.53. The highest BCUT2D eigenvalue weighted by Crippen LogP contribution is 2.31. The number of nitrogens with zero attached hydrogens (tertiary/aromatic N) is 2. The van der Waals surface area contributed by atoms with Crippen molar-refractivity contribution >= 4 is 31.4 Å². The lowest BCUT2D eigenvalue weighted by Crippen LogP contribution is -2.17. The van der Waals surface area contributed by atoms with Crippen molar-refractivity contribution < 1.29 is 21.4 Å². The Kier molecular flexibility index (Phi) is 6.87. The first-order valence-electron chi connectivity index (χ1n) is 11.1. The van der Waals surface area contributed by atoms with Crippen molar-refractivity contribution in [3.8, 4) is 11.4 Å². The Morgan fingerprint density at radius 1 is 0.778 bits per heavy atom. The SMILES string of the molecule is Cc1ccccc1S(=O)(=O)Nc1cccc(NS(=O)(=O)c2c(C)cccc2-c2noc(C(C)C)n2)c1. The van der Waals surface area contributed by atoms with E-state index in [-0.39, 0.29) is 32.9 Å². The lowest BCUT2D eigenvalue weighted by atomic mass is 10.1. The second kappa shape index (κ2) is 9.75. The molecule has 1 aromatic heterocycles. The highest BCUT2D eigenvalue weighted by Gasteiger charge is 2.25. The smallest absolute Gasteiger partial charge is 0.262 e. The number of hydrogen-bond donors (Lipinski definition) is 2. The van der Waals surface area contributed by atoms with Crippen molar-refractivity contribution in [2.75, 3.05) is 9.44 Å². The largest absolute Gasteiger partial charge is 0.339 e. The van der Waals surface area contributed by atoms with Crippen LogP contribution in [0.4, 0.5) is 11.4 Å². The summed E-state index contributed by atoms with van der Waals surface area (Å²) < 4.78 is 63.0. The van der Waals surface area contributed by atoms with Gasteiger partial charge in [-0.1, -0.05) is 55.4 Å². The van der Waals surface area contributed by atoms with Crippen LogP contribution in [-0.4, -0.2) is 27.0 Å². The Labute approximate surface area is 210 Å². The van der Waals surface area contributed by atoms with Gasteiger partial charge in [0.05, 0.1) is 16.3 Å². The summed E-state index contributed by atoms with van der Waals surface area (Å²) in [6.45, 7) is 7.17. The molecule has 1 heterocycles. The average molecular weight is 527 g/mol. The van der Waals surface area contributed by atoms with Crippen molar-refractivity contribution in [2.24, 2.45) is 0 Å². The highest BCUT2D eigenvalue weighted by atomic mass is 32.2. The lowest BCUT2D eigenvalue weighted by molar-refractivity contribution is 0.365. The van der Waals surface area contributed by atoms with Crippen LogP contribution in [-0.2, 0) is 20.0 Å². The van der Waals surface area contributed by atoms with E-state index >= 15 is 0 Å². The van der Waals surface area contributed by atoms with Gasteiger partial charge in [0.1, 0.15) is 4.90 Å². The second-order valence-corrected chi connectivity index (χ2v) is 11.9. The van der Waals surface area contributed by atoms with Gasteiger partial charge in [-0.15, -0.1) is 0 Å². The zero-order chi connectivity index (χ0) is 26.1. The molecule has 0 aliphatic rings. The fraction of sp³-hybridized carbons (Fsp3) is 0.200. The zero-order valence-corrected chi connectivity index (χ0v) is 21.8. The summed E-state index contributed by atoms with van der Waals surface area (Å²) in [7, 11) is -7.97. The minimum absolute atomic E-state index is 0.00648. The van der Waals surface area contributed by atoms with Crippen molar-refractivity contribution in [3.05, 3.63) is 83.7 Å². The van der Waals surface area contributed by atoms with E-state index in [4.69, 9.17) is 4.52 Å². The normalized spacial score (nSPS) is 12.0. The summed E-state index contributed by atoms with van der Waals surface area (Å²) in [5.41, 5.74) is 1.78. The standard InChI is InChI=1S/C25H26N4O5S2/c1-16(2)25-26-24(27-34-25)21-13-7-10-18(4)23(21)36(32,33)29-20-12-8-11-19(15-20)28-35(30,31)22-14-6-5-9-17(22)3/h5-16,28-29H,1-4H3. The Hall–Kier alpha value is -3.70. The molecule has 0 fully saturated rings.